The van der Waals surface area contributed by atoms with Gasteiger partial charge in [0.1, 0.15) is 5.75 Å². The Morgan fingerprint density at radius 1 is 1.07 bits per heavy atom. The van der Waals surface area contributed by atoms with Crippen molar-refractivity contribution in [2.75, 3.05) is 20.1 Å². The highest BCUT2D eigenvalue weighted by Gasteiger charge is 2.09. The summed E-state index contributed by atoms with van der Waals surface area (Å²) in [5.41, 5.74) is 2.47. The molecule has 0 aliphatic heterocycles. The molecule has 1 amide bonds. The highest BCUT2D eigenvalue weighted by molar-refractivity contribution is 5.94. The molecule has 0 aliphatic rings. The normalized spacial score (nSPS) is 11.3. The first-order valence-corrected chi connectivity index (χ1v) is 9.83. The van der Waals surface area contributed by atoms with Gasteiger partial charge in [-0.05, 0) is 49.2 Å². The Morgan fingerprint density at radius 3 is 2.40 bits per heavy atom. The van der Waals surface area contributed by atoms with Crippen LogP contribution in [0.15, 0.2) is 53.5 Å². The first-order valence-electron chi connectivity index (χ1n) is 9.83. The molecule has 30 heavy (non-hydrogen) atoms. The molecule has 0 aromatic heterocycles. The number of nitrogens with one attached hydrogen (secondary N) is 2. The average Bonchev–Trinajstić information content (AvgIpc) is 2.72. The van der Waals surface area contributed by atoms with E-state index in [0.717, 1.165) is 11.1 Å². The average molecular weight is 418 g/mol. The summed E-state index contributed by atoms with van der Waals surface area (Å²) in [6.07, 6.45) is 0. The number of amides is 1. The van der Waals surface area contributed by atoms with E-state index < -0.39 is 6.61 Å². The third-order valence-corrected chi connectivity index (χ3v) is 4.20. The maximum absolute atomic E-state index is 12.3. The summed E-state index contributed by atoms with van der Waals surface area (Å²) in [6, 6.07) is 13.9. The number of ether oxygens (including phenoxy) is 1. The van der Waals surface area contributed by atoms with Crippen LogP contribution in [-0.2, 0) is 13.1 Å². The number of guanidine groups is 1. The standard InChI is InChI=1S/C22H28F2N4O2/c1-4-25-20(29)18-8-6-7-17(13-18)14-27-22(26-5-2)28(3)15-16-9-11-19(12-10-16)30-21(23)24/h6-13,21H,4-5,14-15H2,1-3H3,(H,25,29)(H,26,27). The summed E-state index contributed by atoms with van der Waals surface area (Å²) in [6.45, 7) is 3.26. The van der Waals surface area contributed by atoms with Crippen molar-refractivity contribution in [2.24, 2.45) is 4.99 Å². The Kier molecular flexibility index (Phi) is 9.05. The van der Waals surface area contributed by atoms with Gasteiger partial charge in [-0.1, -0.05) is 24.3 Å². The summed E-state index contributed by atoms with van der Waals surface area (Å²) in [5, 5.41) is 6.03. The van der Waals surface area contributed by atoms with Crippen LogP contribution in [-0.4, -0.2) is 43.5 Å². The van der Waals surface area contributed by atoms with Crippen LogP contribution in [0.4, 0.5) is 8.78 Å². The van der Waals surface area contributed by atoms with Crippen LogP contribution in [0.2, 0.25) is 0 Å². The van der Waals surface area contributed by atoms with Gasteiger partial charge >= 0.3 is 6.61 Å². The van der Waals surface area contributed by atoms with Crippen molar-refractivity contribution in [1.29, 1.82) is 0 Å². The van der Waals surface area contributed by atoms with Crippen LogP contribution in [0.5, 0.6) is 5.75 Å². The smallest absolute Gasteiger partial charge is 0.387 e. The van der Waals surface area contributed by atoms with Crippen molar-refractivity contribution in [1.82, 2.24) is 15.5 Å². The minimum atomic E-state index is -2.84. The van der Waals surface area contributed by atoms with E-state index in [0.29, 0.717) is 37.7 Å². The molecule has 0 saturated heterocycles. The predicted molar refractivity (Wildman–Crippen MR) is 114 cm³/mol. The van der Waals surface area contributed by atoms with Crippen LogP contribution >= 0.6 is 0 Å². The molecule has 2 aromatic rings. The first-order chi connectivity index (χ1) is 14.4. The van der Waals surface area contributed by atoms with Gasteiger partial charge in [0, 0.05) is 32.2 Å². The third kappa shape index (κ3) is 7.35. The van der Waals surface area contributed by atoms with E-state index in [2.05, 4.69) is 20.4 Å². The molecular weight excluding hydrogens is 390 g/mol. The zero-order valence-corrected chi connectivity index (χ0v) is 17.5. The summed E-state index contributed by atoms with van der Waals surface area (Å²) < 4.78 is 28.9. The van der Waals surface area contributed by atoms with Gasteiger partial charge in [-0.3, -0.25) is 4.79 Å². The largest absolute Gasteiger partial charge is 0.435 e. The highest BCUT2D eigenvalue weighted by atomic mass is 19.3. The summed E-state index contributed by atoms with van der Waals surface area (Å²) >= 11 is 0. The Morgan fingerprint density at radius 2 is 1.77 bits per heavy atom. The minimum Gasteiger partial charge on any atom is -0.435 e. The Balaban J connectivity index is 2.06. The Bertz CT molecular complexity index is 841. The van der Waals surface area contributed by atoms with Crippen LogP contribution in [0.3, 0.4) is 0 Å². The number of carbonyl (C=O) groups is 1. The molecule has 0 fully saturated rings. The Labute approximate surface area is 175 Å². The van der Waals surface area contributed by atoms with Crippen molar-refractivity contribution >= 4 is 11.9 Å². The summed E-state index contributed by atoms with van der Waals surface area (Å²) in [4.78, 5) is 18.6. The second-order valence-corrected chi connectivity index (χ2v) is 6.61. The zero-order valence-electron chi connectivity index (χ0n) is 17.5. The maximum Gasteiger partial charge on any atom is 0.387 e. The lowest BCUT2D eigenvalue weighted by Crippen LogP contribution is -2.38. The Hall–Kier alpha value is -3.16. The van der Waals surface area contributed by atoms with Crippen molar-refractivity contribution in [2.45, 2.75) is 33.5 Å². The van der Waals surface area contributed by atoms with Crippen LogP contribution < -0.4 is 15.4 Å². The van der Waals surface area contributed by atoms with E-state index in [-0.39, 0.29) is 11.7 Å². The van der Waals surface area contributed by atoms with E-state index >= 15 is 0 Å². The quantitative estimate of drug-likeness (QED) is 0.482. The molecule has 0 saturated carbocycles. The van der Waals surface area contributed by atoms with Crippen LogP contribution in [0, 0.1) is 0 Å². The lowest BCUT2D eigenvalue weighted by atomic mass is 10.1. The number of alkyl halides is 2. The number of carbonyl (C=O) groups excluding carboxylic acids is 1. The SMILES string of the molecule is CCNC(=O)c1cccc(CN=C(NCC)N(C)Cc2ccc(OC(F)F)cc2)c1. The number of hydrogen-bond donors (Lipinski definition) is 2. The molecule has 0 atom stereocenters. The van der Waals surface area contributed by atoms with E-state index in [4.69, 9.17) is 0 Å². The molecule has 2 aromatic carbocycles. The minimum absolute atomic E-state index is 0.105. The maximum atomic E-state index is 12.3. The predicted octanol–water partition coefficient (Wildman–Crippen LogP) is 3.64. The molecule has 0 aliphatic carbocycles. The van der Waals surface area contributed by atoms with Crippen LogP contribution in [0.25, 0.3) is 0 Å². The van der Waals surface area contributed by atoms with Crippen LogP contribution in [0.1, 0.15) is 35.3 Å². The van der Waals surface area contributed by atoms with Crippen molar-refractivity contribution in [3.63, 3.8) is 0 Å². The molecule has 0 spiro atoms. The van der Waals surface area contributed by atoms with E-state index in [9.17, 15) is 13.6 Å². The lowest BCUT2D eigenvalue weighted by molar-refractivity contribution is -0.0498. The molecule has 0 radical (unpaired) electrons. The van der Waals surface area contributed by atoms with Gasteiger partial charge in [0.15, 0.2) is 5.96 Å². The lowest BCUT2D eigenvalue weighted by Gasteiger charge is -2.22. The van der Waals surface area contributed by atoms with E-state index in [1.807, 2.05) is 44.0 Å². The van der Waals surface area contributed by atoms with Gasteiger partial charge in [-0.15, -0.1) is 0 Å². The van der Waals surface area contributed by atoms with Gasteiger partial charge in [-0.25, -0.2) is 4.99 Å². The molecule has 0 unspecified atom stereocenters. The molecule has 0 heterocycles. The van der Waals surface area contributed by atoms with Gasteiger partial charge in [0.2, 0.25) is 0 Å². The molecule has 2 rings (SSSR count). The molecular formula is C22H28F2N4O2. The van der Waals surface area contributed by atoms with Crippen molar-refractivity contribution in [3.8, 4) is 5.75 Å². The molecule has 0 bridgehead atoms. The van der Waals surface area contributed by atoms with Crippen molar-refractivity contribution < 1.29 is 18.3 Å². The second kappa shape index (κ2) is 11.7. The second-order valence-electron chi connectivity index (χ2n) is 6.61. The monoisotopic (exact) mass is 418 g/mol. The highest BCUT2D eigenvalue weighted by Crippen LogP contribution is 2.16. The number of nitrogens with zero attached hydrogens (tertiary/aromatic N) is 2. The number of benzene rings is 2. The topological polar surface area (TPSA) is 66.0 Å². The van der Waals surface area contributed by atoms with Crippen molar-refractivity contribution in [3.05, 3.63) is 65.2 Å². The van der Waals surface area contributed by atoms with Gasteiger partial charge in [-0.2, -0.15) is 8.78 Å². The van der Waals surface area contributed by atoms with E-state index in [1.165, 1.54) is 12.1 Å². The van der Waals surface area contributed by atoms with Gasteiger partial charge in [0.05, 0.1) is 6.54 Å². The molecule has 8 heteroatoms. The third-order valence-electron chi connectivity index (χ3n) is 4.20. The number of halogens is 2. The summed E-state index contributed by atoms with van der Waals surface area (Å²) in [7, 11) is 1.90. The fraction of sp³-hybridized carbons (Fsp3) is 0.364. The van der Waals surface area contributed by atoms with Gasteiger partial charge < -0.3 is 20.3 Å². The molecule has 2 N–H and O–H groups in total. The zero-order chi connectivity index (χ0) is 21.9. The number of aliphatic imine (C=N–C) groups is 1. The number of hydrogen-bond acceptors (Lipinski definition) is 3. The fourth-order valence-electron chi connectivity index (χ4n) is 2.83. The molecule has 162 valence electrons. The molecule has 6 nitrogen and oxygen atoms in total. The fourth-order valence-corrected chi connectivity index (χ4v) is 2.83. The number of rotatable bonds is 9. The summed E-state index contributed by atoms with van der Waals surface area (Å²) in [5.74, 6) is 0.726. The first kappa shape index (κ1) is 23.1. The van der Waals surface area contributed by atoms with E-state index in [1.54, 1.807) is 18.2 Å². The van der Waals surface area contributed by atoms with Gasteiger partial charge in [0.25, 0.3) is 5.91 Å².